The number of allylic oxidation sites excluding steroid dienone is 1. The van der Waals surface area contributed by atoms with Crippen molar-refractivity contribution in [2.45, 2.75) is 13.1 Å². The van der Waals surface area contributed by atoms with Crippen molar-refractivity contribution in [3.05, 3.63) is 11.8 Å². The Balaban J connectivity index is 4.72. The first-order valence-corrected chi connectivity index (χ1v) is 2.56. The van der Waals surface area contributed by atoms with Crippen LogP contribution < -0.4 is 0 Å². The molecule has 0 aliphatic heterocycles. The fourth-order valence-corrected chi connectivity index (χ4v) is 0.347. The van der Waals surface area contributed by atoms with Crippen LogP contribution in [-0.4, -0.2) is 12.1 Å². The highest BCUT2D eigenvalue weighted by atomic mass is 19.4. The first-order chi connectivity index (χ1) is 5.25. The molecular weight excluding hydrogens is 187 g/mol. The zero-order valence-corrected chi connectivity index (χ0v) is 5.71. The molecule has 0 aromatic heterocycles. The molecule has 0 aliphatic rings. The molecule has 0 atom stereocenters. The molecule has 0 aliphatic carbocycles. The summed E-state index contributed by atoms with van der Waals surface area (Å²) in [5.41, 5.74) is 0. The molecule has 0 saturated carbocycles. The zero-order valence-electron chi connectivity index (χ0n) is 5.71. The van der Waals surface area contributed by atoms with Crippen molar-refractivity contribution in [3.63, 3.8) is 0 Å². The van der Waals surface area contributed by atoms with Crippen molar-refractivity contribution in [1.29, 1.82) is 0 Å². The molecule has 2 nitrogen and oxygen atoms in total. The standard InChI is InChI=1S/C5H3F5O2/c1-2(11)12-3(4(6)7)5(8,9)10/h1H3. The van der Waals surface area contributed by atoms with Crippen molar-refractivity contribution in [1.82, 2.24) is 0 Å². The largest absolute Gasteiger partial charge is 0.455 e. The predicted molar refractivity (Wildman–Crippen MR) is 27.1 cm³/mol. The zero-order chi connectivity index (χ0) is 9.94. The maximum Gasteiger partial charge on any atom is 0.455 e. The van der Waals surface area contributed by atoms with Gasteiger partial charge in [-0.15, -0.1) is 0 Å². The monoisotopic (exact) mass is 190 g/mol. The summed E-state index contributed by atoms with van der Waals surface area (Å²) >= 11 is 0. The van der Waals surface area contributed by atoms with Gasteiger partial charge in [0.15, 0.2) is 0 Å². The van der Waals surface area contributed by atoms with Gasteiger partial charge < -0.3 is 4.74 Å². The molecule has 0 fully saturated rings. The van der Waals surface area contributed by atoms with Crippen molar-refractivity contribution in [2.24, 2.45) is 0 Å². The lowest BCUT2D eigenvalue weighted by atomic mass is 10.5. The average molecular weight is 190 g/mol. The molecule has 0 spiro atoms. The van der Waals surface area contributed by atoms with E-state index in [4.69, 9.17) is 0 Å². The molecule has 0 saturated heterocycles. The molecule has 0 amide bonds. The SMILES string of the molecule is CC(=O)OC(=C(F)F)C(F)(F)F. The number of rotatable bonds is 1. The second-order valence-electron chi connectivity index (χ2n) is 1.68. The van der Waals surface area contributed by atoms with Crippen molar-refractivity contribution in [2.75, 3.05) is 0 Å². The smallest absolute Gasteiger partial charge is 0.416 e. The quantitative estimate of drug-likeness (QED) is 0.360. The minimum atomic E-state index is -5.34. The third-order valence-corrected chi connectivity index (χ3v) is 0.675. The number of hydrogen-bond donors (Lipinski definition) is 0. The van der Waals surface area contributed by atoms with Crippen molar-refractivity contribution < 1.29 is 31.5 Å². The number of ether oxygens (including phenoxy) is 1. The Morgan fingerprint density at radius 3 is 1.75 bits per heavy atom. The van der Waals surface area contributed by atoms with Gasteiger partial charge >= 0.3 is 18.2 Å². The van der Waals surface area contributed by atoms with Crippen LogP contribution in [0.15, 0.2) is 11.8 Å². The lowest BCUT2D eigenvalue weighted by Crippen LogP contribution is -2.17. The van der Waals surface area contributed by atoms with E-state index in [-0.39, 0.29) is 0 Å². The summed E-state index contributed by atoms with van der Waals surface area (Å²) in [4.78, 5) is 9.92. The third kappa shape index (κ3) is 3.31. The van der Waals surface area contributed by atoms with E-state index in [1.54, 1.807) is 0 Å². The van der Waals surface area contributed by atoms with Gasteiger partial charge in [-0.3, -0.25) is 4.79 Å². The van der Waals surface area contributed by atoms with Crippen LogP contribution in [0.4, 0.5) is 22.0 Å². The van der Waals surface area contributed by atoms with Crippen LogP contribution in [0, 0.1) is 0 Å². The van der Waals surface area contributed by atoms with E-state index in [1.165, 1.54) is 0 Å². The molecule has 0 rings (SSSR count). The summed E-state index contributed by atoms with van der Waals surface area (Å²) in [5.74, 6) is -4.01. The maximum absolute atomic E-state index is 11.5. The lowest BCUT2D eigenvalue weighted by Gasteiger charge is -2.08. The van der Waals surface area contributed by atoms with E-state index in [2.05, 4.69) is 4.74 Å². The van der Waals surface area contributed by atoms with Gasteiger partial charge in [-0.2, -0.15) is 22.0 Å². The molecular formula is C5H3F5O2. The van der Waals surface area contributed by atoms with Gasteiger partial charge in [0.05, 0.1) is 0 Å². The average Bonchev–Trinajstić information content (AvgIpc) is 1.79. The van der Waals surface area contributed by atoms with Gasteiger partial charge in [0, 0.05) is 6.92 Å². The molecule has 7 heteroatoms. The summed E-state index contributed by atoms with van der Waals surface area (Å²) in [7, 11) is 0. The minimum Gasteiger partial charge on any atom is -0.416 e. The molecule has 0 aromatic carbocycles. The number of carbonyl (C=O) groups excluding carboxylic acids is 1. The van der Waals surface area contributed by atoms with Crippen LogP contribution in [-0.2, 0) is 9.53 Å². The Kier molecular flexibility index (Phi) is 3.17. The highest BCUT2D eigenvalue weighted by molar-refractivity contribution is 5.67. The highest BCUT2D eigenvalue weighted by Gasteiger charge is 2.41. The normalized spacial score (nSPS) is 10.8. The van der Waals surface area contributed by atoms with Gasteiger partial charge in [0.1, 0.15) is 0 Å². The number of hydrogen-bond acceptors (Lipinski definition) is 2. The molecule has 0 aromatic rings. The Morgan fingerprint density at radius 1 is 1.25 bits per heavy atom. The number of carbonyl (C=O) groups is 1. The Morgan fingerprint density at radius 2 is 1.67 bits per heavy atom. The van der Waals surface area contributed by atoms with E-state index >= 15 is 0 Å². The van der Waals surface area contributed by atoms with Gasteiger partial charge in [-0.05, 0) is 0 Å². The highest BCUT2D eigenvalue weighted by Crippen LogP contribution is 2.30. The first-order valence-electron chi connectivity index (χ1n) is 2.56. The van der Waals surface area contributed by atoms with Gasteiger partial charge in [0.25, 0.3) is 5.76 Å². The van der Waals surface area contributed by atoms with Gasteiger partial charge in [-0.25, -0.2) is 0 Å². The van der Waals surface area contributed by atoms with E-state index in [0.29, 0.717) is 6.92 Å². The van der Waals surface area contributed by atoms with E-state index in [1.807, 2.05) is 0 Å². The number of alkyl halides is 3. The van der Waals surface area contributed by atoms with Gasteiger partial charge in [-0.1, -0.05) is 0 Å². The van der Waals surface area contributed by atoms with E-state index < -0.39 is 24.0 Å². The fourth-order valence-electron chi connectivity index (χ4n) is 0.347. The Bertz CT molecular complexity index is 212. The first kappa shape index (κ1) is 10.9. The predicted octanol–water partition coefficient (Wildman–Crippen LogP) is 2.22. The van der Waals surface area contributed by atoms with Crippen LogP contribution in [0.3, 0.4) is 0 Å². The van der Waals surface area contributed by atoms with Crippen LogP contribution in [0.25, 0.3) is 0 Å². The van der Waals surface area contributed by atoms with E-state index in [9.17, 15) is 26.7 Å². The summed E-state index contributed by atoms with van der Waals surface area (Å²) in [6, 6.07) is 0. The molecule has 0 radical (unpaired) electrons. The topological polar surface area (TPSA) is 26.3 Å². The molecule has 0 bridgehead atoms. The number of esters is 1. The second kappa shape index (κ2) is 3.51. The molecule has 0 N–H and O–H groups in total. The summed E-state index contributed by atoms with van der Waals surface area (Å²) in [6.07, 6.45) is -8.41. The van der Waals surface area contributed by atoms with Gasteiger partial charge in [0.2, 0.25) is 0 Å². The summed E-state index contributed by atoms with van der Waals surface area (Å²) < 4.78 is 60.7. The summed E-state index contributed by atoms with van der Waals surface area (Å²) in [6.45, 7) is 0.592. The Hall–Kier alpha value is -1.14. The van der Waals surface area contributed by atoms with Crippen molar-refractivity contribution in [3.8, 4) is 0 Å². The lowest BCUT2D eigenvalue weighted by molar-refractivity contribution is -0.160. The molecule has 0 heterocycles. The number of halogens is 5. The Labute approximate surface area is 63.6 Å². The third-order valence-electron chi connectivity index (χ3n) is 0.675. The maximum atomic E-state index is 11.5. The van der Waals surface area contributed by atoms with E-state index in [0.717, 1.165) is 0 Å². The van der Waals surface area contributed by atoms with Crippen LogP contribution >= 0.6 is 0 Å². The second-order valence-corrected chi connectivity index (χ2v) is 1.68. The van der Waals surface area contributed by atoms with Crippen LogP contribution in [0.2, 0.25) is 0 Å². The summed E-state index contributed by atoms with van der Waals surface area (Å²) in [5, 5.41) is 0. The van der Waals surface area contributed by atoms with Crippen molar-refractivity contribution >= 4 is 5.97 Å². The molecule has 12 heavy (non-hydrogen) atoms. The fraction of sp³-hybridized carbons (Fsp3) is 0.400. The molecule has 0 unspecified atom stereocenters. The van der Waals surface area contributed by atoms with Crippen LogP contribution in [0.1, 0.15) is 6.92 Å². The van der Waals surface area contributed by atoms with Crippen LogP contribution in [0.5, 0.6) is 0 Å². The minimum absolute atomic E-state index is 0.592. The molecule has 70 valence electrons.